The first-order chi connectivity index (χ1) is 11.4. The summed E-state index contributed by atoms with van der Waals surface area (Å²) in [5, 5.41) is 3.14. The predicted molar refractivity (Wildman–Crippen MR) is 91.7 cm³/mol. The molecular weight excluding hydrogens is 326 g/mol. The minimum atomic E-state index is -3.36. The van der Waals surface area contributed by atoms with Gasteiger partial charge in [0, 0.05) is 18.8 Å². The van der Waals surface area contributed by atoms with Gasteiger partial charge in [0.1, 0.15) is 5.84 Å². The second kappa shape index (κ2) is 5.72. The fourth-order valence-corrected chi connectivity index (χ4v) is 5.61. The molecule has 2 saturated carbocycles. The number of rotatable bonds is 3. The number of carbonyl (C=O) groups excluding carboxylic acids is 1. The normalized spacial score (nSPS) is 34.4. The fourth-order valence-electron chi connectivity index (χ4n) is 4.64. The average molecular weight is 349 g/mol. The highest BCUT2D eigenvalue weighted by molar-refractivity contribution is 7.90. The average Bonchev–Trinajstić information content (AvgIpc) is 3.16. The Kier molecular flexibility index (Phi) is 3.78. The number of amides is 1. The molecule has 6 nitrogen and oxygen atoms in total. The van der Waals surface area contributed by atoms with E-state index < -0.39 is 10.0 Å². The first kappa shape index (κ1) is 15.9. The molecular formula is C17H23N3O3S. The van der Waals surface area contributed by atoms with Crippen LogP contribution in [0.2, 0.25) is 0 Å². The molecule has 1 N–H and O–H groups in total. The largest absolute Gasteiger partial charge is 0.349 e. The van der Waals surface area contributed by atoms with Gasteiger partial charge in [-0.05, 0) is 56.1 Å². The molecule has 0 aromatic carbocycles. The third kappa shape index (κ3) is 2.90. The summed E-state index contributed by atoms with van der Waals surface area (Å²) in [5.41, 5.74) is 0.559. The Labute approximate surface area is 142 Å². The standard InChI is InChI=1S/C17H23N3O3S/c1-11(15-9-12-2-3-13(15)8-12)18-17(21)14-4-5-16-19-24(22,23)7-6-20(16)10-14/h4-5,10-13,15H,2-3,6-9H2,1H3,(H,18,21)/t11-,12-,13-,15+/m0/s1. The number of nitrogens with zero attached hydrogens (tertiary/aromatic N) is 2. The second-order valence-electron chi connectivity index (χ2n) is 7.45. The second-order valence-corrected chi connectivity index (χ2v) is 9.20. The van der Waals surface area contributed by atoms with Crippen LogP contribution in [0.4, 0.5) is 0 Å². The van der Waals surface area contributed by atoms with Gasteiger partial charge in [0.2, 0.25) is 0 Å². The van der Waals surface area contributed by atoms with E-state index in [4.69, 9.17) is 0 Å². The van der Waals surface area contributed by atoms with E-state index in [1.54, 1.807) is 23.3 Å². The van der Waals surface area contributed by atoms with Gasteiger partial charge in [-0.1, -0.05) is 6.42 Å². The Hall–Kier alpha value is -1.63. The quantitative estimate of drug-likeness (QED) is 0.836. The van der Waals surface area contributed by atoms with E-state index >= 15 is 0 Å². The lowest BCUT2D eigenvalue weighted by Crippen LogP contribution is -2.42. The van der Waals surface area contributed by atoms with Gasteiger partial charge >= 0.3 is 0 Å². The molecule has 0 spiro atoms. The Bertz CT molecular complexity index is 753. The van der Waals surface area contributed by atoms with Gasteiger partial charge in [0.25, 0.3) is 15.9 Å². The van der Waals surface area contributed by atoms with Crippen molar-refractivity contribution < 1.29 is 13.2 Å². The minimum absolute atomic E-state index is 0.0166. The summed E-state index contributed by atoms with van der Waals surface area (Å²) in [4.78, 5) is 14.3. The highest BCUT2D eigenvalue weighted by Crippen LogP contribution is 2.49. The van der Waals surface area contributed by atoms with Crippen molar-refractivity contribution in [3.63, 3.8) is 0 Å². The number of nitrogens with one attached hydrogen (secondary N) is 1. The van der Waals surface area contributed by atoms with E-state index in [0.29, 0.717) is 23.9 Å². The maximum atomic E-state index is 12.6. The molecule has 0 aromatic rings. The Morgan fingerprint density at radius 3 is 2.88 bits per heavy atom. The molecule has 2 heterocycles. The van der Waals surface area contributed by atoms with Crippen molar-refractivity contribution in [2.24, 2.45) is 22.2 Å². The van der Waals surface area contributed by atoms with Crippen LogP contribution in [0.3, 0.4) is 0 Å². The first-order valence-electron chi connectivity index (χ1n) is 8.71. The summed E-state index contributed by atoms with van der Waals surface area (Å²) in [6.45, 7) is 2.45. The molecule has 4 atom stereocenters. The van der Waals surface area contributed by atoms with Crippen LogP contribution in [0.25, 0.3) is 0 Å². The molecule has 130 valence electrons. The van der Waals surface area contributed by atoms with Crippen LogP contribution < -0.4 is 5.32 Å². The first-order valence-corrected chi connectivity index (χ1v) is 10.3. The molecule has 2 aliphatic carbocycles. The maximum Gasteiger partial charge on any atom is 0.256 e. The predicted octanol–water partition coefficient (Wildman–Crippen LogP) is 1.42. The molecule has 7 heteroatoms. The molecule has 1 amide bonds. The zero-order valence-electron chi connectivity index (χ0n) is 13.8. The Morgan fingerprint density at radius 2 is 2.17 bits per heavy atom. The maximum absolute atomic E-state index is 12.6. The van der Waals surface area contributed by atoms with Gasteiger partial charge in [-0.3, -0.25) is 4.79 Å². The smallest absolute Gasteiger partial charge is 0.256 e. The lowest BCUT2D eigenvalue weighted by Gasteiger charge is -2.30. The summed E-state index contributed by atoms with van der Waals surface area (Å²) in [6, 6.07) is 0.180. The van der Waals surface area contributed by atoms with E-state index in [0.717, 1.165) is 11.8 Å². The lowest BCUT2D eigenvalue weighted by atomic mass is 9.84. The molecule has 0 saturated heterocycles. The number of hydrogen-bond acceptors (Lipinski definition) is 4. The number of hydrogen-bond donors (Lipinski definition) is 1. The Balaban J connectivity index is 1.42. The summed E-state index contributed by atoms with van der Waals surface area (Å²) in [7, 11) is -3.36. The van der Waals surface area contributed by atoms with Gasteiger partial charge in [-0.15, -0.1) is 4.40 Å². The van der Waals surface area contributed by atoms with E-state index in [1.165, 1.54) is 25.7 Å². The van der Waals surface area contributed by atoms with Crippen LogP contribution in [-0.2, 0) is 14.8 Å². The van der Waals surface area contributed by atoms with Crippen LogP contribution in [-0.4, -0.2) is 43.4 Å². The van der Waals surface area contributed by atoms with Crippen molar-refractivity contribution in [3.05, 3.63) is 23.9 Å². The third-order valence-electron chi connectivity index (χ3n) is 5.88. The zero-order chi connectivity index (χ0) is 16.9. The third-order valence-corrected chi connectivity index (χ3v) is 7.04. The highest BCUT2D eigenvalue weighted by atomic mass is 32.2. The number of carbonyl (C=O) groups is 1. The Morgan fingerprint density at radius 1 is 1.33 bits per heavy atom. The number of sulfonamides is 1. The summed E-state index contributed by atoms with van der Waals surface area (Å²) >= 11 is 0. The van der Waals surface area contributed by atoms with Gasteiger partial charge < -0.3 is 10.2 Å². The van der Waals surface area contributed by atoms with Crippen molar-refractivity contribution in [2.45, 2.75) is 38.6 Å². The van der Waals surface area contributed by atoms with Crippen molar-refractivity contribution in [2.75, 3.05) is 12.3 Å². The molecule has 0 aromatic heterocycles. The van der Waals surface area contributed by atoms with Crippen molar-refractivity contribution in [1.82, 2.24) is 10.2 Å². The molecule has 24 heavy (non-hydrogen) atoms. The van der Waals surface area contributed by atoms with Gasteiger partial charge in [0.05, 0.1) is 11.3 Å². The van der Waals surface area contributed by atoms with Gasteiger partial charge in [-0.25, -0.2) is 8.42 Å². The zero-order valence-corrected chi connectivity index (χ0v) is 14.6. The van der Waals surface area contributed by atoms with Crippen molar-refractivity contribution in [3.8, 4) is 0 Å². The monoisotopic (exact) mass is 349 g/mol. The SMILES string of the molecule is C[C@H](NC(=O)C1=CN2CCS(=O)(=O)N=C2C=C1)[C@H]1C[C@H]2CC[C@H]1C2. The van der Waals surface area contributed by atoms with Crippen molar-refractivity contribution in [1.29, 1.82) is 0 Å². The van der Waals surface area contributed by atoms with Crippen LogP contribution in [0, 0.1) is 17.8 Å². The van der Waals surface area contributed by atoms with E-state index in [2.05, 4.69) is 16.6 Å². The van der Waals surface area contributed by atoms with Gasteiger partial charge in [0.15, 0.2) is 0 Å². The fraction of sp³-hybridized carbons (Fsp3) is 0.647. The topological polar surface area (TPSA) is 78.8 Å². The van der Waals surface area contributed by atoms with Crippen LogP contribution in [0.1, 0.15) is 32.6 Å². The lowest BCUT2D eigenvalue weighted by molar-refractivity contribution is -0.118. The number of fused-ring (bicyclic) bond motifs is 3. The molecule has 4 aliphatic rings. The molecule has 4 rings (SSSR count). The minimum Gasteiger partial charge on any atom is -0.349 e. The summed E-state index contributed by atoms with van der Waals surface area (Å²) < 4.78 is 26.8. The van der Waals surface area contributed by atoms with E-state index in [1.807, 2.05) is 0 Å². The molecule has 2 aliphatic heterocycles. The van der Waals surface area contributed by atoms with Gasteiger partial charge in [-0.2, -0.15) is 0 Å². The molecule has 2 bridgehead atoms. The van der Waals surface area contributed by atoms with Crippen molar-refractivity contribution >= 4 is 21.8 Å². The van der Waals surface area contributed by atoms with Crippen LogP contribution >= 0.6 is 0 Å². The number of amidine groups is 1. The van der Waals surface area contributed by atoms with E-state index in [9.17, 15) is 13.2 Å². The summed E-state index contributed by atoms with van der Waals surface area (Å²) in [5.74, 6) is 2.51. The molecule has 0 radical (unpaired) electrons. The highest BCUT2D eigenvalue weighted by Gasteiger charge is 2.42. The summed E-state index contributed by atoms with van der Waals surface area (Å²) in [6.07, 6.45) is 10.2. The molecule has 2 fully saturated rings. The van der Waals surface area contributed by atoms with Crippen LogP contribution in [0.15, 0.2) is 28.3 Å². The van der Waals surface area contributed by atoms with Crippen LogP contribution in [0.5, 0.6) is 0 Å². The molecule has 0 unspecified atom stereocenters. The van der Waals surface area contributed by atoms with E-state index in [-0.39, 0.29) is 17.7 Å².